The molecular formula is C14H17ClINO2. The first-order valence-corrected chi connectivity index (χ1v) is 7.91. The van der Waals surface area contributed by atoms with Crippen molar-refractivity contribution in [3.05, 3.63) is 32.4 Å². The van der Waals surface area contributed by atoms with E-state index in [0.29, 0.717) is 29.0 Å². The van der Waals surface area contributed by atoms with Crippen LogP contribution in [0, 0.1) is 15.4 Å². The fraction of sp³-hybridized carbons (Fsp3) is 0.500. The van der Waals surface area contributed by atoms with Crippen LogP contribution in [0.25, 0.3) is 0 Å². The average Bonchev–Trinajstić information content (AvgIpc) is 2.86. The third-order valence-electron chi connectivity index (χ3n) is 3.75. The van der Waals surface area contributed by atoms with Crippen molar-refractivity contribution in [2.45, 2.75) is 19.3 Å². The van der Waals surface area contributed by atoms with Gasteiger partial charge in [-0.3, -0.25) is 4.79 Å². The molecule has 2 atom stereocenters. The molecule has 0 heterocycles. The van der Waals surface area contributed by atoms with Crippen LogP contribution >= 0.6 is 34.2 Å². The summed E-state index contributed by atoms with van der Waals surface area (Å²) in [5.41, 5.74) is 0.617. The van der Waals surface area contributed by atoms with Gasteiger partial charge in [0.25, 0.3) is 5.91 Å². The molecule has 1 aliphatic rings. The summed E-state index contributed by atoms with van der Waals surface area (Å²) in [7, 11) is 0. The van der Waals surface area contributed by atoms with Crippen molar-refractivity contribution in [1.29, 1.82) is 0 Å². The van der Waals surface area contributed by atoms with E-state index in [2.05, 4.69) is 27.9 Å². The minimum Gasteiger partial charge on any atom is -0.396 e. The third-order valence-corrected chi connectivity index (χ3v) is 4.92. The Labute approximate surface area is 131 Å². The normalized spacial score (nSPS) is 22.5. The van der Waals surface area contributed by atoms with E-state index in [1.165, 1.54) is 0 Å². The van der Waals surface area contributed by atoms with Gasteiger partial charge in [-0.1, -0.05) is 18.0 Å². The van der Waals surface area contributed by atoms with E-state index in [0.717, 1.165) is 22.8 Å². The van der Waals surface area contributed by atoms with E-state index >= 15 is 0 Å². The first kappa shape index (κ1) is 15.1. The van der Waals surface area contributed by atoms with Crippen molar-refractivity contribution in [3.8, 4) is 0 Å². The van der Waals surface area contributed by atoms with E-state index in [1.807, 2.05) is 6.07 Å². The smallest absolute Gasteiger partial charge is 0.252 e. The van der Waals surface area contributed by atoms with Gasteiger partial charge in [0.2, 0.25) is 0 Å². The highest BCUT2D eigenvalue weighted by atomic mass is 127. The van der Waals surface area contributed by atoms with Gasteiger partial charge in [-0.15, -0.1) is 0 Å². The molecule has 0 saturated heterocycles. The van der Waals surface area contributed by atoms with Gasteiger partial charge in [0.05, 0.1) is 5.56 Å². The lowest BCUT2D eigenvalue weighted by Crippen LogP contribution is -2.32. The lowest BCUT2D eigenvalue weighted by Gasteiger charge is -2.18. The topological polar surface area (TPSA) is 49.3 Å². The summed E-state index contributed by atoms with van der Waals surface area (Å²) in [5, 5.41) is 12.8. The number of carbonyl (C=O) groups excluding carboxylic acids is 1. The van der Waals surface area contributed by atoms with Crippen molar-refractivity contribution in [2.75, 3.05) is 13.2 Å². The van der Waals surface area contributed by atoms with Crippen LogP contribution in [0.15, 0.2) is 18.2 Å². The molecule has 104 valence electrons. The van der Waals surface area contributed by atoms with E-state index in [9.17, 15) is 9.90 Å². The van der Waals surface area contributed by atoms with Gasteiger partial charge in [0.15, 0.2) is 0 Å². The Hall–Kier alpha value is -0.330. The number of aliphatic hydroxyl groups is 1. The quantitative estimate of drug-likeness (QED) is 0.773. The number of hydrogen-bond donors (Lipinski definition) is 2. The molecule has 2 N–H and O–H groups in total. The molecule has 2 rings (SSSR count). The second-order valence-electron chi connectivity index (χ2n) is 4.97. The second-order valence-corrected chi connectivity index (χ2v) is 6.57. The number of benzene rings is 1. The zero-order chi connectivity index (χ0) is 13.8. The van der Waals surface area contributed by atoms with Crippen LogP contribution in [-0.2, 0) is 0 Å². The Morgan fingerprint density at radius 3 is 2.89 bits per heavy atom. The maximum atomic E-state index is 12.1. The molecule has 0 aliphatic heterocycles. The zero-order valence-corrected chi connectivity index (χ0v) is 13.4. The molecule has 0 bridgehead atoms. The summed E-state index contributed by atoms with van der Waals surface area (Å²) in [5.74, 6) is 0.639. The number of halogens is 2. The van der Waals surface area contributed by atoms with Crippen LogP contribution in [0.2, 0.25) is 5.02 Å². The Bertz CT molecular complexity index is 467. The number of aliphatic hydroxyl groups excluding tert-OH is 1. The molecule has 1 aromatic rings. The summed E-state index contributed by atoms with van der Waals surface area (Å²) in [6.45, 7) is 0.849. The SMILES string of the molecule is O=C(NCC1CCCC1CO)c1cc(Cl)ccc1I. The number of nitrogens with one attached hydrogen (secondary N) is 1. The molecule has 1 amide bonds. The molecule has 0 radical (unpaired) electrons. The Balaban J connectivity index is 1.96. The predicted molar refractivity (Wildman–Crippen MR) is 84.4 cm³/mol. The van der Waals surface area contributed by atoms with Gasteiger partial charge in [-0.2, -0.15) is 0 Å². The van der Waals surface area contributed by atoms with Crippen molar-refractivity contribution in [1.82, 2.24) is 5.32 Å². The van der Waals surface area contributed by atoms with Gasteiger partial charge in [0.1, 0.15) is 0 Å². The summed E-state index contributed by atoms with van der Waals surface area (Å²) in [6, 6.07) is 5.31. The summed E-state index contributed by atoms with van der Waals surface area (Å²) < 4.78 is 0.893. The van der Waals surface area contributed by atoms with Crippen LogP contribution in [0.1, 0.15) is 29.6 Å². The number of hydrogen-bond acceptors (Lipinski definition) is 2. The number of amides is 1. The van der Waals surface area contributed by atoms with Gasteiger partial charge in [-0.05, 0) is 65.5 Å². The first-order chi connectivity index (χ1) is 9.11. The van der Waals surface area contributed by atoms with Crippen LogP contribution in [0.5, 0.6) is 0 Å². The van der Waals surface area contributed by atoms with Crippen LogP contribution in [0.4, 0.5) is 0 Å². The highest BCUT2D eigenvalue weighted by Gasteiger charge is 2.27. The number of carbonyl (C=O) groups is 1. The van der Waals surface area contributed by atoms with Gasteiger partial charge < -0.3 is 10.4 Å². The largest absolute Gasteiger partial charge is 0.396 e. The van der Waals surface area contributed by atoms with Crippen LogP contribution < -0.4 is 5.32 Å². The predicted octanol–water partition coefficient (Wildman–Crippen LogP) is 3.08. The first-order valence-electron chi connectivity index (χ1n) is 6.46. The Morgan fingerprint density at radius 2 is 2.16 bits per heavy atom. The van der Waals surface area contributed by atoms with Crippen molar-refractivity contribution >= 4 is 40.1 Å². The minimum absolute atomic E-state index is 0.0875. The molecular weight excluding hydrogens is 377 g/mol. The molecule has 1 saturated carbocycles. The van der Waals surface area contributed by atoms with Crippen molar-refractivity contribution in [2.24, 2.45) is 11.8 Å². The molecule has 5 heteroatoms. The van der Waals surface area contributed by atoms with E-state index < -0.39 is 0 Å². The van der Waals surface area contributed by atoms with Gasteiger partial charge in [0, 0.05) is 21.7 Å². The monoisotopic (exact) mass is 393 g/mol. The summed E-state index contributed by atoms with van der Waals surface area (Å²) >= 11 is 8.05. The molecule has 0 aromatic heterocycles. The fourth-order valence-electron chi connectivity index (χ4n) is 2.61. The maximum Gasteiger partial charge on any atom is 0.252 e. The van der Waals surface area contributed by atoms with Gasteiger partial charge in [-0.25, -0.2) is 0 Å². The molecule has 1 fully saturated rings. The van der Waals surface area contributed by atoms with Crippen molar-refractivity contribution in [3.63, 3.8) is 0 Å². The van der Waals surface area contributed by atoms with E-state index in [1.54, 1.807) is 12.1 Å². The van der Waals surface area contributed by atoms with E-state index in [-0.39, 0.29) is 12.5 Å². The highest BCUT2D eigenvalue weighted by Crippen LogP contribution is 2.30. The molecule has 1 aliphatic carbocycles. The number of rotatable bonds is 4. The fourth-order valence-corrected chi connectivity index (χ4v) is 3.37. The average molecular weight is 394 g/mol. The standard InChI is InChI=1S/C14H17ClINO2/c15-11-4-5-13(16)12(6-11)14(19)17-7-9-2-1-3-10(9)8-18/h4-6,9-10,18H,1-3,7-8H2,(H,17,19). The molecule has 2 unspecified atom stereocenters. The lowest BCUT2D eigenvalue weighted by atomic mass is 9.97. The Morgan fingerprint density at radius 1 is 1.42 bits per heavy atom. The molecule has 1 aromatic carbocycles. The molecule has 19 heavy (non-hydrogen) atoms. The maximum absolute atomic E-state index is 12.1. The summed E-state index contributed by atoms with van der Waals surface area (Å²) in [6.07, 6.45) is 3.28. The molecule has 0 spiro atoms. The zero-order valence-electron chi connectivity index (χ0n) is 10.5. The highest BCUT2D eigenvalue weighted by molar-refractivity contribution is 14.1. The Kier molecular flexibility index (Phi) is 5.47. The van der Waals surface area contributed by atoms with Crippen LogP contribution in [0.3, 0.4) is 0 Å². The lowest BCUT2D eigenvalue weighted by molar-refractivity contribution is 0.0937. The third kappa shape index (κ3) is 3.83. The van der Waals surface area contributed by atoms with E-state index in [4.69, 9.17) is 11.6 Å². The molecule has 3 nitrogen and oxygen atoms in total. The van der Waals surface area contributed by atoms with Gasteiger partial charge >= 0.3 is 0 Å². The summed E-state index contributed by atoms with van der Waals surface area (Å²) in [4.78, 5) is 12.1. The second kappa shape index (κ2) is 6.90. The minimum atomic E-state index is -0.0875. The van der Waals surface area contributed by atoms with Crippen molar-refractivity contribution < 1.29 is 9.90 Å². The van der Waals surface area contributed by atoms with Crippen LogP contribution in [-0.4, -0.2) is 24.2 Å².